The molecule has 120 valence electrons. The maximum Gasteiger partial charge on any atom is 0.255 e. The van der Waals surface area contributed by atoms with E-state index < -0.39 is 0 Å². The molecule has 2 aliphatic heterocycles. The lowest BCUT2D eigenvalue weighted by Gasteiger charge is -2.42. The molecule has 23 heavy (non-hydrogen) atoms. The summed E-state index contributed by atoms with van der Waals surface area (Å²) in [5.41, 5.74) is 1.69. The zero-order valence-corrected chi connectivity index (χ0v) is 13.8. The average Bonchev–Trinajstić information content (AvgIpc) is 3.02. The normalized spacial score (nSPS) is 24.6. The number of para-hydroxylation sites is 1. The maximum atomic E-state index is 12.6. The van der Waals surface area contributed by atoms with Crippen molar-refractivity contribution in [1.29, 1.82) is 0 Å². The molecule has 1 fully saturated rings. The number of likely N-dealkylation sites (tertiary alicyclic amines) is 1. The number of hydrogen-bond acceptors (Lipinski definition) is 4. The monoisotopic (exact) mass is 328 g/mol. The predicted molar refractivity (Wildman–Crippen MR) is 91.0 cm³/mol. The van der Waals surface area contributed by atoms with Crippen molar-refractivity contribution >= 4 is 17.2 Å². The number of hydrogen-bond donors (Lipinski definition) is 1. The molecule has 0 bridgehead atoms. The van der Waals surface area contributed by atoms with Gasteiger partial charge in [0.1, 0.15) is 12.4 Å². The Balaban J connectivity index is 1.53. The minimum atomic E-state index is -0.287. The van der Waals surface area contributed by atoms with Gasteiger partial charge in [0.05, 0.1) is 11.1 Å². The molecule has 1 spiro atoms. The molecule has 1 N–H and O–H groups in total. The molecule has 0 radical (unpaired) electrons. The first-order valence-corrected chi connectivity index (χ1v) is 8.96. The molecule has 2 aromatic rings. The van der Waals surface area contributed by atoms with Crippen molar-refractivity contribution in [2.75, 3.05) is 19.7 Å². The van der Waals surface area contributed by atoms with Crippen LogP contribution >= 0.6 is 11.3 Å². The molecule has 2 aliphatic rings. The van der Waals surface area contributed by atoms with Gasteiger partial charge in [-0.05, 0) is 53.9 Å². The fourth-order valence-corrected chi connectivity index (χ4v) is 4.22. The van der Waals surface area contributed by atoms with Crippen molar-refractivity contribution in [3.63, 3.8) is 0 Å². The largest absolute Gasteiger partial charge is 0.490 e. The van der Waals surface area contributed by atoms with Gasteiger partial charge in [-0.15, -0.1) is 0 Å². The van der Waals surface area contributed by atoms with Gasteiger partial charge in [-0.3, -0.25) is 9.69 Å². The number of thiophene rings is 1. The first-order valence-electron chi connectivity index (χ1n) is 8.02. The van der Waals surface area contributed by atoms with Crippen molar-refractivity contribution < 1.29 is 9.53 Å². The Morgan fingerprint density at radius 2 is 2.22 bits per heavy atom. The second kappa shape index (κ2) is 5.98. The van der Waals surface area contributed by atoms with E-state index in [9.17, 15) is 4.79 Å². The maximum absolute atomic E-state index is 12.6. The number of ether oxygens (including phenoxy) is 1. The Labute approximate surface area is 140 Å². The van der Waals surface area contributed by atoms with Crippen LogP contribution < -0.4 is 10.1 Å². The summed E-state index contributed by atoms with van der Waals surface area (Å²) < 4.78 is 5.99. The van der Waals surface area contributed by atoms with Crippen molar-refractivity contribution in [3.05, 3.63) is 52.2 Å². The first kappa shape index (κ1) is 14.7. The number of fused-ring (bicyclic) bond motifs is 1. The number of carbonyl (C=O) groups excluding carboxylic acids is 1. The van der Waals surface area contributed by atoms with Gasteiger partial charge < -0.3 is 10.1 Å². The fraction of sp³-hybridized carbons (Fsp3) is 0.389. The molecule has 1 aromatic carbocycles. The molecule has 5 heteroatoms. The molecule has 0 aliphatic carbocycles. The Kier molecular flexibility index (Phi) is 3.83. The second-order valence-electron chi connectivity index (χ2n) is 6.47. The third kappa shape index (κ3) is 2.99. The molecular formula is C18H20N2O2S. The van der Waals surface area contributed by atoms with Crippen LogP contribution in [0.3, 0.4) is 0 Å². The lowest BCUT2D eigenvalue weighted by Crippen LogP contribution is -2.60. The van der Waals surface area contributed by atoms with Crippen molar-refractivity contribution in [2.45, 2.75) is 24.9 Å². The second-order valence-corrected chi connectivity index (χ2v) is 7.25. The zero-order chi connectivity index (χ0) is 15.7. The van der Waals surface area contributed by atoms with Gasteiger partial charge in [-0.2, -0.15) is 11.3 Å². The van der Waals surface area contributed by atoms with E-state index in [1.807, 2.05) is 24.3 Å². The number of nitrogens with zero attached hydrogens (tertiary/aromatic N) is 1. The Morgan fingerprint density at radius 3 is 3.09 bits per heavy atom. The smallest absolute Gasteiger partial charge is 0.255 e. The molecule has 1 atom stereocenters. The number of rotatable bonds is 2. The predicted octanol–water partition coefficient (Wildman–Crippen LogP) is 2.91. The van der Waals surface area contributed by atoms with E-state index in [1.165, 1.54) is 5.56 Å². The van der Waals surface area contributed by atoms with Gasteiger partial charge in [0, 0.05) is 13.1 Å². The van der Waals surface area contributed by atoms with Gasteiger partial charge >= 0.3 is 0 Å². The molecule has 1 amide bonds. The van der Waals surface area contributed by atoms with E-state index in [1.54, 1.807) is 11.3 Å². The minimum absolute atomic E-state index is 0.0181. The molecule has 1 aromatic heterocycles. The van der Waals surface area contributed by atoms with Crippen LogP contribution in [0.5, 0.6) is 5.75 Å². The standard InChI is InChI=1S/C18H20N2O2S/c21-17-15-4-1-2-5-16(15)22-13-18(19-17)7-3-8-20(12-18)10-14-6-9-23-11-14/h1-2,4-6,9,11H,3,7-8,10,12-13H2,(H,19,21). The Bertz CT molecular complexity index is 701. The van der Waals surface area contributed by atoms with Crippen LogP contribution in [0.4, 0.5) is 0 Å². The number of nitrogens with one attached hydrogen (secondary N) is 1. The zero-order valence-electron chi connectivity index (χ0n) is 13.0. The number of piperidine rings is 1. The van der Waals surface area contributed by atoms with Crippen molar-refractivity contribution in [1.82, 2.24) is 10.2 Å². The third-order valence-corrected chi connectivity index (χ3v) is 5.39. The van der Waals surface area contributed by atoms with Crippen LogP contribution in [-0.4, -0.2) is 36.0 Å². The van der Waals surface area contributed by atoms with E-state index in [0.717, 1.165) is 32.5 Å². The van der Waals surface area contributed by atoms with Crippen LogP contribution in [0, 0.1) is 0 Å². The summed E-state index contributed by atoms with van der Waals surface area (Å²) in [5, 5.41) is 7.56. The summed E-state index contributed by atoms with van der Waals surface area (Å²) in [5.74, 6) is 0.673. The number of carbonyl (C=O) groups is 1. The Hall–Kier alpha value is -1.85. The lowest BCUT2D eigenvalue weighted by atomic mass is 9.89. The fourth-order valence-electron chi connectivity index (χ4n) is 3.56. The van der Waals surface area contributed by atoms with Gasteiger partial charge in [0.15, 0.2) is 0 Å². The summed E-state index contributed by atoms with van der Waals surface area (Å²) in [7, 11) is 0. The van der Waals surface area contributed by atoms with Crippen LogP contribution in [0.15, 0.2) is 41.1 Å². The van der Waals surface area contributed by atoms with Gasteiger partial charge in [0.25, 0.3) is 5.91 Å². The highest BCUT2D eigenvalue weighted by atomic mass is 32.1. The van der Waals surface area contributed by atoms with Gasteiger partial charge in [-0.1, -0.05) is 12.1 Å². The molecule has 4 rings (SSSR count). The van der Waals surface area contributed by atoms with E-state index in [-0.39, 0.29) is 11.4 Å². The molecule has 0 saturated carbocycles. The quantitative estimate of drug-likeness (QED) is 0.922. The van der Waals surface area contributed by atoms with Crippen LogP contribution in [0.25, 0.3) is 0 Å². The average molecular weight is 328 g/mol. The highest BCUT2D eigenvalue weighted by Crippen LogP contribution is 2.29. The highest BCUT2D eigenvalue weighted by Gasteiger charge is 2.40. The van der Waals surface area contributed by atoms with Crippen molar-refractivity contribution in [2.24, 2.45) is 0 Å². The van der Waals surface area contributed by atoms with Gasteiger partial charge in [-0.25, -0.2) is 0 Å². The highest BCUT2D eigenvalue weighted by molar-refractivity contribution is 7.07. The summed E-state index contributed by atoms with van der Waals surface area (Å²) in [6, 6.07) is 9.66. The van der Waals surface area contributed by atoms with Crippen LogP contribution in [-0.2, 0) is 6.54 Å². The summed E-state index contributed by atoms with van der Waals surface area (Å²) in [6.07, 6.45) is 2.04. The van der Waals surface area contributed by atoms with E-state index in [4.69, 9.17) is 4.74 Å². The van der Waals surface area contributed by atoms with Gasteiger partial charge in [0.2, 0.25) is 0 Å². The first-order chi connectivity index (χ1) is 11.2. The third-order valence-electron chi connectivity index (χ3n) is 4.66. The van der Waals surface area contributed by atoms with E-state index >= 15 is 0 Å². The molecule has 4 nitrogen and oxygen atoms in total. The molecular weight excluding hydrogens is 308 g/mol. The minimum Gasteiger partial charge on any atom is -0.490 e. The Morgan fingerprint density at radius 1 is 1.30 bits per heavy atom. The van der Waals surface area contributed by atoms with Crippen LogP contribution in [0.2, 0.25) is 0 Å². The molecule has 1 unspecified atom stereocenters. The summed E-state index contributed by atoms with van der Waals surface area (Å²) in [4.78, 5) is 15.0. The SMILES string of the molecule is O=C1NC2(CCCN(Cc3ccsc3)C2)COc2ccccc21. The number of amides is 1. The number of benzene rings is 1. The molecule has 3 heterocycles. The van der Waals surface area contributed by atoms with E-state index in [0.29, 0.717) is 17.9 Å². The van der Waals surface area contributed by atoms with Crippen LogP contribution in [0.1, 0.15) is 28.8 Å². The topological polar surface area (TPSA) is 41.6 Å². The lowest BCUT2D eigenvalue weighted by molar-refractivity contribution is 0.0643. The van der Waals surface area contributed by atoms with Crippen molar-refractivity contribution in [3.8, 4) is 5.75 Å². The van der Waals surface area contributed by atoms with E-state index in [2.05, 4.69) is 27.0 Å². The summed E-state index contributed by atoms with van der Waals surface area (Å²) >= 11 is 1.73. The molecule has 1 saturated heterocycles. The summed E-state index contributed by atoms with van der Waals surface area (Å²) in [6.45, 7) is 3.38.